The third-order valence-electron chi connectivity index (χ3n) is 2.75. The van der Waals surface area contributed by atoms with E-state index in [1.165, 1.54) is 0 Å². The first-order valence-corrected chi connectivity index (χ1v) is 5.92. The zero-order chi connectivity index (χ0) is 12.1. The summed E-state index contributed by atoms with van der Waals surface area (Å²) in [7, 11) is 0. The van der Waals surface area contributed by atoms with E-state index in [-0.39, 0.29) is 12.5 Å². The number of hydrogen-bond acceptors (Lipinski definition) is 2. The second-order valence-electron chi connectivity index (χ2n) is 4.00. The van der Waals surface area contributed by atoms with Crippen LogP contribution >= 0.6 is 11.6 Å². The molecule has 0 aliphatic heterocycles. The monoisotopic (exact) mass is 247 g/mol. The van der Waals surface area contributed by atoms with Gasteiger partial charge in [-0.3, -0.25) is 4.98 Å². The number of nitrogens with zero attached hydrogens (tertiary/aromatic N) is 1. The van der Waals surface area contributed by atoms with Gasteiger partial charge in [0.1, 0.15) is 0 Å². The molecule has 2 nitrogen and oxygen atoms in total. The first-order chi connectivity index (χ1) is 8.29. The summed E-state index contributed by atoms with van der Waals surface area (Å²) in [5.41, 5.74) is 2.18. The second-order valence-corrected chi connectivity index (χ2v) is 4.44. The molecule has 1 aromatic heterocycles. The highest BCUT2D eigenvalue weighted by atomic mass is 35.5. The first kappa shape index (κ1) is 12.1. The van der Waals surface area contributed by atoms with E-state index < -0.39 is 0 Å². The molecule has 3 heteroatoms. The number of rotatable bonds is 4. The van der Waals surface area contributed by atoms with Gasteiger partial charge in [0.2, 0.25) is 0 Å². The lowest BCUT2D eigenvalue weighted by molar-refractivity contribution is 0.264. The lowest BCUT2D eigenvalue weighted by Crippen LogP contribution is -2.07. The Morgan fingerprint density at radius 1 is 1.24 bits per heavy atom. The van der Waals surface area contributed by atoms with Crippen molar-refractivity contribution in [3.05, 3.63) is 64.9 Å². The zero-order valence-electron chi connectivity index (χ0n) is 9.38. The molecule has 1 unspecified atom stereocenters. The number of hydrogen-bond donors (Lipinski definition) is 1. The minimum Gasteiger partial charge on any atom is -0.396 e. The summed E-state index contributed by atoms with van der Waals surface area (Å²) in [5, 5.41) is 10.2. The topological polar surface area (TPSA) is 33.1 Å². The Morgan fingerprint density at radius 2 is 2.12 bits per heavy atom. The molecule has 0 saturated carbocycles. The number of aromatic nitrogens is 1. The third kappa shape index (κ3) is 3.29. The van der Waals surface area contributed by atoms with Crippen molar-refractivity contribution < 1.29 is 5.11 Å². The highest BCUT2D eigenvalue weighted by Crippen LogP contribution is 2.22. The van der Waals surface area contributed by atoms with E-state index in [1.54, 1.807) is 6.20 Å². The fourth-order valence-corrected chi connectivity index (χ4v) is 2.05. The van der Waals surface area contributed by atoms with E-state index in [2.05, 4.69) is 4.98 Å². The van der Waals surface area contributed by atoms with Crippen molar-refractivity contribution >= 4 is 11.6 Å². The standard InChI is InChI=1S/C14H14ClNO/c15-14-5-1-4-12(8-14)13(10-17)7-11-3-2-6-16-9-11/h1-6,8-9,13,17H,7,10H2. The van der Waals surface area contributed by atoms with Crippen molar-refractivity contribution in [3.8, 4) is 0 Å². The van der Waals surface area contributed by atoms with E-state index in [1.807, 2.05) is 42.6 Å². The molecule has 17 heavy (non-hydrogen) atoms. The minimum atomic E-state index is 0.0675. The Hall–Kier alpha value is -1.38. The summed E-state index contributed by atoms with van der Waals surface area (Å²) in [4.78, 5) is 4.08. The highest BCUT2D eigenvalue weighted by Gasteiger charge is 2.11. The quantitative estimate of drug-likeness (QED) is 0.901. The van der Waals surface area contributed by atoms with Gasteiger partial charge in [-0.1, -0.05) is 29.8 Å². The van der Waals surface area contributed by atoms with E-state index in [4.69, 9.17) is 11.6 Å². The van der Waals surface area contributed by atoms with Gasteiger partial charge in [0.05, 0.1) is 6.61 Å². The molecule has 0 aliphatic carbocycles. The van der Waals surface area contributed by atoms with Gasteiger partial charge in [-0.2, -0.15) is 0 Å². The van der Waals surface area contributed by atoms with E-state index >= 15 is 0 Å². The van der Waals surface area contributed by atoms with E-state index in [0.717, 1.165) is 17.5 Å². The number of benzene rings is 1. The summed E-state index contributed by atoms with van der Waals surface area (Å²) in [6.45, 7) is 0.106. The second kappa shape index (κ2) is 5.80. The molecular weight excluding hydrogens is 234 g/mol. The maximum absolute atomic E-state index is 9.47. The van der Waals surface area contributed by atoms with Crippen LogP contribution in [0, 0.1) is 0 Å². The van der Waals surface area contributed by atoms with Crippen molar-refractivity contribution in [2.24, 2.45) is 0 Å². The van der Waals surface area contributed by atoms with Crippen LogP contribution in [0.4, 0.5) is 0 Å². The molecule has 0 bridgehead atoms. The molecule has 0 radical (unpaired) electrons. The van der Waals surface area contributed by atoms with Crippen LogP contribution in [0.1, 0.15) is 17.0 Å². The predicted octanol–water partition coefficient (Wildman–Crippen LogP) is 3.05. The summed E-state index contributed by atoms with van der Waals surface area (Å²) < 4.78 is 0. The van der Waals surface area contributed by atoms with Gasteiger partial charge in [-0.05, 0) is 35.7 Å². The Balaban J connectivity index is 2.17. The van der Waals surface area contributed by atoms with Crippen molar-refractivity contribution in [2.75, 3.05) is 6.61 Å². The number of aliphatic hydroxyl groups is 1. The molecule has 2 rings (SSSR count). The number of pyridine rings is 1. The zero-order valence-corrected chi connectivity index (χ0v) is 10.1. The normalized spacial score (nSPS) is 12.4. The van der Waals surface area contributed by atoms with Crippen molar-refractivity contribution in [1.29, 1.82) is 0 Å². The molecule has 1 atom stereocenters. The summed E-state index contributed by atoms with van der Waals surface area (Å²) in [6.07, 6.45) is 4.34. The Morgan fingerprint density at radius 3 is 2.76 bits per heavy atom. The Bertz CT molecular complexity index is 473. The van der Waals surface area contributed by atoms with Crippen LogP contribution in [0.25, 0.3) is 0 Å². The largest absolute Gasteiger partial charge is 0.396 e. The molecule has 0 fully saturated rings. The van der Waals surface area contributed by atoms with Crippen LogP contribution in [0.3, 0.4) is 0 Å². The average molecular weight is 248 g/mol. The Kier molecular flexibility index (Phi) is 4.13. The SMILES string of the molecule is OCC(Cc1cccnc1)c1cccc(Cl)c1. The van der Waals surface area contributed by atoms with Crippen LogP contribution < -0.4 is 0 Å². The van der Waals surface area contributed by atoms with Crippen LogP contribution in [0.2, 0.25) is 5.02 Å². The fraction of sp³-hybridized carbons (Fsp3) is 0.214. The molecule has 0 saturated heterocycles. The van der Waals surface area contributed by atoms with Crippen LogP contribution in [-0.4, -0.2) is 16.7 Å². The van der Waals surface area contributed by atoms with Gasteiger partial charge >= 0.3 is 0 Å². The van der Waals surface area contributed by atoms with Gasteiger partial charge in [-0.15, -0.1) is 0 Å². The summed E-state index contributed by atoms with van der Waals surface area (Å²) >= 11 is 5.95. The number of aliphatic hydroxyl groups excluding tert-OH is 1. The predicted molar refractivity (Wildman–Crippen MR) is 69.2 cm³/mol. The molecular formula is C14H14ClNO. The van der Waals surface area contributed by atoms with Gasteiger partial charge in [0.25, 0.3) is 0 Å². The van der Waals surface area contributed by atoms with Crippen LogP contribution in [-0.2, 0) is 6.42 Å². The van der Waals surface area contributed by atoms with Gasteiger partial charge in [-0.25, -0.2) is 0 Å². The maximum atomic E-state index is 9.47. The lowest BCUT2D eigenvalue weighted by Gasteiger charge is -2.14. The molecule has 88 valence electrons. The smallest absolute Gasteiger partial charge is 0.0502 e. The lowest BCUT2D eigenvalue weighted by atomic mass is 9.93. The minimum absolute atomic E-state index is 0.0675. The van der Waals surface area contributed by atoms with Crippen LogP contribution in [0.5, 0.6) is 0 Å². The molecule has 1 N–H and O–H groups in total. The molecule has 0 spiro atoms. The maximum Gasteiger partial charge on any atom is 0.0502 e. The average Bonchev–Trinajstić information content (AvgIpc) is 2.37. The van der Waals surface area contributed by atoms with Crippen LogP contribution in [0.15, 0.2) is 48.8 Å². The van der Waals surface area contributed by atoms with Gasteiger partial charge in [0, 0.05) is 23.3 Å². The van der Waals surface area contributed by atoms with Crippen molar-refractivity contribution in [3.63, 3.8) is 0 Å². The molecule has 1 heterocycles. The molecule has 2 aromatic rings. The highest BCUT2D eigenvalue weighted by molar-refractivity contribution is 6.30. The molecule has 1 aromatic carbocycles. The van der Waals surface area contributed by atoms with E-state index in [0.29, 0.717) is 5.02 Å². The first-order valence-electron chi connectivity index (χ1n) is 5.55. The van der Waals surface area contributed by atoms with Gasteiger partial charge < -0.3 is 5.11 Å². The Labute approximate surface area is 106 Å². The molecule has 0 aliphatic rings. The summed E-state index contributed by atoms with van der Waals surface area (Å²) in [5.74, 6) is 0.0675. The molecule has 0 amide bonds. The van der Waals surface area contributed by atoms with Crippen molar-refractivity contribution in [1.82, 2.24) is 4.98 Å². The third-order valence-corrected chi connectivity index (χ3v) is 2.98. The van der Waals surface area contributed by atoms with E-state index in [9.17, 15) is 5.11 Å². The number of halogens is 1. The summed E-state index contributed by atoms with van der Waals surface area (Å²) in [6, 6.07) is 11.6. The van der Waals surface area contributed by atoms with Crippen molar-refractivity contribution in [2.45, 2.75) is 12.3 Å². The van der Waals surface area contributed by atoms with Gasteiger partial charge in [0.15, 0.2) is 0 Å². The fourth-order valence-electron chi connectivity index (χ4n) is 1.85.